The monoisotopic (exact) mass is 552 g/mol. The van der Waals surface area contributed by atoms with Gasteiger partial charge in [-0.15, -0.1) is 11.6 Å². The van der Waals surface area contributed by atoms with Gasteiger partial charge in [0.15, 0.2) is 11.8 Å². The molecule has 4 aliphatic rings. The summed E-state index contributed by atoms with van der Waals surface area (Å²) in [4.78, 5) is 35.5. The molecule has 0 radical (unpaired) electrons. The standard InChI is InChI=1S/C24H28Cl4O6/c1-12-8-16-15-5-4-13-9-14(29)6-7-21(13,2)23(15,28)17(30)10-22(16,3)24(12,20(32)33-11-25)34-19(31)18(26)27/h6-7,9,12,15-18,30H,4-5,8,10-11H2,1-3H3/t12-,15-,16-,17-,21-,22-,23-,24-/m0/s1. The van der Waals surface area contributed by atoms with Crippen molar-refractivity contribution in [3.05, 3.63) is 23.8 Å². The molecule has 8 atom stereocenters. The third-order valence-electron chi connectivity index (χ3n) is 9.11. The van der Waals surface area contributed by atoms with Crippen molar-refractivity contribution in [1.29, 1.82) is 0 Å². The van der Waals surface area contributed by atoms with Gasteiger partial charge in [-0.05, 0) is 49.7 Å². The van der Waals surface area contributed by atoms with Crippen molar-refractivity contribution < 1.29 is 29.0 Å². The van der Waals surface area contributed by atoms with Gasteiger partial charge in [0.2, 0.25) is 10.4 Å². The zero-order chi connectivity index (χ0) is 25.3. The average molecular weight is 554 g/mol. The molecule has 0 spiro atoms. The maximum absolute atomic E-state index is 13.4. The number of aliphatic hydroxyl groups excluding tert-OH is 1. The summed E-state index contributed by atoms with van der Waals surface area (Å²) in [6.07, 6.45) is 5.63. The van der Waals surface area contributed by atoms with Crippen LogP contribution in [0.25, 0.3) is 0 Å². The van der Waals surface area contributed by atoms with E-state index in [0.717, 1.165) is 5.57 Å². The summed E-state index contributed by atoms with van der Waals surface area (Å²) in [5.41, 5.74) is -2.63. The van der Waals surface area contributed by atoms with Gasteiger partial charge in [-0.3, -0.25) is 4.79 Å². The number of esters is 2. The molecule has 1 N–H and O–H groups in total. The average Bonchev–Trinajstić information content (AvgIpc) is 2.97. The lowest BCUT2D eigenvalue weighted by Crippen LogP contribution is -2.69. The summed E-state index contributed by atoms with van der Waals surface area (Å²) in [5.74, 6) is -2.77. The number of hydrogen-bond acceptors (Lipinski definition) is 6. The van der Waals surface area contributed by atoms with Gasteiger partial charge in [0.1, 0.15) is 0 Å². The zero-order valence-electron chi connectivity index (χ0n) is 19.2. The fourth-order valence-electron chi connectivity index (χ4n) is 7.58. The Labute approximate surface area is 218 Å². The fourth-order valence-corrected chi connectivity index (χ4v) is 8.30. The van der Waals surface area contributed by atoms with Crippen LogP contribution >= 0.6 is 46.4 Å². The van der Waals surface area contributed by atoms with Crippen LogP contribution in [0, 0.1) is 28.6 Å². The van der Waals surface area contributed by atoms with Gasteiger partial charge in [0, 0.05) is 16.7 Å². The molecule has 0 aromatic rings. The molecule has 0 unspecified atom stereocenters. The first-order valence-electron chi connectivity index (χ1n) is 11.3. The second kappa shape index (κ2) is 8.65. The lowest BCUT2D eigenvalue weighted by Gasteiger charge is -2.63. The summed E-state index contributed by atoms with van der Waals surface area (Å²) < 4.78 is 11.0. The minimum absolute atomic E-state index is 0.0621. The summed E-state index contributed by atoms with van der Waals surface area (Å²) in [6.45, 7) is 5.59. The molecule has 0 aromatic carbocycles. The smallest absolute Gasteiger partial charge is 0.352 e. The van der Waals surface area contributed by atoms with Gasteiger partial charge in [0.25, 0.3) is 0 Å². The first-order chi connectivity index (χ1) is 15.8. The van der Waals surface area contributed by atoms with Crippen molar-refractivity contribution in [1.82, 2.24) is 0 Å². The van der Waals surface area contributed by atoms with Crippen LogP contribution in [-0.4, -0.2) is 50.3 Å². The van der Waals surface area contributed by atoms with E-state index < -0.39 is 56.2 Å². The lowest BCUT2D eigenvalue weighted by molar-refractivity contribution is -0.214. The second-order valence-electron chi connectivity index (χ2n) is 10.4. The Hall–Kier alpha value is -0.790. The van der Waals surface area contributed by atoms with E-state index in [2.05, 4.69) is 0 Å². The van der Waals surface area contributed by atoms with Gasteiger partial charge >= 0.3 is 11.9 Å². The van der Waals surface area contributed by atoms with E-state index in [1.165, 1.54) is 6.08 Å². The van der Waals surface area contributed by atoms with E-state index in [1.807, 2.05) is 13.8 Å². The van der Waals surface area contributed by atoms with Gasteiger partial charge in [0.05, 0.1) is 11.0 Å². The number of carbonyl (C=O) groups is 3. The third kappa shape index (κ3) is 3.28. The molecule has 3 fully saturated rings. The van der Waals surface area contributed by atoms with Crippen molar-refractivity contribution in [2.24, 2.45) is 28.6 Å². The highest BCUT2D eigenvalue weighted by Crippen LogP contribution is 2.72. The van der Waals surface area contributed by atoms with Crippen LogP contribution in [0.1, 0.15) is 46.5 Å². The predicted molar refractivity (Wildman–Crippen MR) is 129 cm³/mol. The van der Waals surface area contributed by atoms with Crippen molar-refractivity contribution in [3.8, 4) is 0 Å². The SMILES string of the molecule is C[C@H]1C[C@H]2[C@@H]3CCC4=CC(=O)C=C[C@]4(C)[C@@]3(Cl)[C@@H](O)C[C@]2(C)[C@@]1(OC(=O)C(Cl)Cl)C(=O)OCCl. The molecular formula is C24H28Cl4O6. The van der Waals surface area contributed by atoms with E-state index in [-0.39, 0.29) is 24.0 Å². The Bertz CT molecular complexity index is 981. The molecular weight excluding hydrogens is 526 g/mol. The predicted octanol–water partition coefficient (Wildman–Crippen LogP) is 4.70. The quantitative estimate of drug-likeness (QED) is 0.401. The molecule has 10 heteroatoms. The minimum Gasteiger partial charge on any atom is -0.446 e. The van der Waals surface area contributed by atoms with Crippen LogP contribution in [0.3, 0.4) is 0 Å². The number of allylic oxidation sites excluding steroid dienone is 4. The maximum Gasteiger partial charge on any atom is 0.352 e. The topological polar surface area (TPSA) is 89.9 Å². The number of carbonyl (C=O) groups excluding carboxylic acids is 3. The highest BCUT2D eigenvalue weighted by atomic mass is 35.5. The van der Waals surface area contributed by atoms with E-state index in [9.17, 15) is 19.5 Å². The van der Waals surface area contributed by atoms with E-state index in [0.29, 0.717) is 19.3 Å². The molecule has 0 amide bonds. The molecule has 0 bridgehead atoms. The van der Waals surface area contributed by atoms with Crippen LogP contribution in [0.4, 0.5) is 0 Å². The Kier molecular flexibility index (Phi) is 6.69. The number of alkyl halides is 4. The van der Waals surface area contributed by atoms with E-state index in [1.54, 1.807) is 19.1 Å². The van der Waals surface area contributed by atoms with Crippen LogP contribution in [-0.2, 0) is 23.9 Å². The van der Waals surface area contributed by atoms with Crippen LogP contribution in [0.5, 0.6) is 0 Å². The van der Waals surface area contributed by atoms with Crippen molar-refractivity contribution in [3.63, 3.8) is 0 Å². The molecule has 188 valence electrons. The number of fused-ring (bicyclic) bond motifs is 5. The fraction of sp³-hybridized carbons (Fsp3) is 0.708. The third-order valence-corrected chi connectivity index (χ3v) is 10.5. The Morgan fingerprint density at radius 3 is 2.56 bits per heavy atom. The number of aliphatic hydroxyl groups is 1. The number of halogens is 4. The Morgan fingerprint density at radius 2 is 1.94 bits per heavy atom. The molecule has 0 saturated heterocycles. The minimum atomic E-state index is -1.75. The molecule has 0 aromatic heterocycles. The number of ketones is 1. The highest BCUT2D eigenvalue weighted by Gasteiger charge is 2.77. The number of hydrogen-bond donors (Lipinski definition) is 1. The summed E-state index contributed by atoms with van der Waals surface area (Å²) >= 11 is 24.7. The number of rotatable bonds is 4. The lowest BCUT2D eigenvalue weighted by atomic mass is 9.45. The van der Waals surface area contributed by atoms with Gasteiger partial charge in [-0.1, -0.05) is 67.2 Å². The van der Waals surface area contributed by atoms with Gasteiger partial charge < -0.3 is 14.6 Å². The van der Waals surface area contributed by atoms with E-state index >= 15 is 0 Å². The molecule has 4 rings (SSSR count). The highest BCUT2D eigenvalue weighted by molar-refractivity contribution is 6.53. The number of ether oxygens (including phenoxy) is 2. The Balaban J connectivity index is 1.84. The molecule has 34 heavy (non-hydrogen) atoms. The normalized spacial score (nSPS) is 45.2. The van der Waals surface area contributed by atoms with Crippen LogP contribution < -0.4 is 0 Å². The van der Waals surface area contributed by atoms with Gasteiger partial charge in [-0.25, -0.2) is 9.59 Å². The zero-order valence-corrected chi connectivity index (χ0v) is 22.2. The first kappa shape index (κ1) is 26.3. The van der Waals surface area contributed by atoms with Crippen molar-refractivity contribution in [2.45, 2.75) is 67.9 Å². The second-order valence-corrected chi connectivity index (χ2v) is 12.3. The van der Waals surface area contributed by atoms with Crippen LogP contribution in [0.2, 0.25) is 0 Å². The molecule has 0 heterocycles. The molecule has 4 aliphatic carbocycles. The Morgan fingerprint density at radius 1 is 1.26 bits per heavy atom. The van der Waals surface area contributed by atoms with Gasteiger partial charge in [-0.2, -0.15) is 0 Å². The molecule has 6 nitrogen and oxygen atoms in total. The van der Waals surface area contributed by atoms with Crippen LogP contribution in [0.15, 0.2) is 23.8 Å². The molecule has 3 saturated carbocycles. The van der Waals surface area contributed by atoms with Crippen molar-refractivity contribution in [2.75, 3.05) is 6.07 Å². The maximum atomic E-state index is 13.4. The summed E-state index contributed by atoms with van der Waals surface area (Å²) in [7, 11) is 0. The first-order valence-corrected chi connectivity index (χ1v) is 13.1. The van der Waals surface area contributed by atoms with Crippen molar-refractivity contribution >= 4 is 64.1 Å². The summed E-state index contributed by atoms with van der Waals surface area (Å²) in [6, 6.07) is -0.423. The summed E-state index contributed by atoms with van der Waals surface area (Å²) in [5, 5.41) is 11.7. The largest absolute Gasteiger partial charge is 0.446 e. The van der Waals surface area contributed by atoms with E-state index in [4.69, 9.17) is 55.9 Å². The molecule has 0 aliphatic heterocycles.